The summed E-state index contributed by atoms with van der Waals surface area (Å²) in [7, 11) is 0. The van der Waals surface area contributed by atoms with Crippen LogP contribution in [-0.4, -0.2) is 11.8 Å². The van der Waals surface area contributed by atoms with Gasteiger partial charge in [0, 0.05) is 0 Å². The Morgan fingerprint density at radius 1 is 0.935 bits per heavy atom. The molecule has 0 saturated heterocycles. The van der Waals surface area contributed by atoms with Crippen molar-refractivity contribution in [2.75, 3.05) is 10.6 Å². The third-order valence-electron chi connectivity index (χ3n) is 5.62. The van der Waals surface area contributed by atoms with Crippen molar-refractivity contribution in [3.63, 3.8) is 0 Å². The zero-order valence-electron chi connectivity index (χ0n) is 17.7. The normalized spacial score (nSPS) is 19.2. The van der Waals surface area contributed by atoms with E-state index in [2.05, 4.69) is 84.5 Å². The topological polar surface area (TPSA) is 47.9 Å². The first kappa shape index (κ1) is 20.4. The number of hydrogen-bond donors (Lipinski definition) is 3. The van der Waals surface area contributed by atoms with E-state index in [4.69, 9.17) is 5.41 Å². The number of benzene rings is 2. The first-order valence-corrected chi connectivity index (χ1v) is 10.4. The number of nitrogens with one attached hydrogen (secondary N) is 3. The van der Waals surface area contributed by atoms with Gasteiger partial charge in [0.05, 0.1) is 29.2 Å². The zero-order chi connectivity index (χ0) is 21.8. The van der Waals surface area contributed by atoms with Crippen LogP contribution in [0.1, 0.15) is 29.7 Å². The Kier molecular flexibility index (Phi) is 5.85. The van der Waals surface area contributed by atoms with Crippen LogP contribution in [0, 0.1) is 5.41 Å². The van der Waals surface area contributed by atoms with E-state index in [0.717, 1.165) is 28.1 Å². The van der Waals surface area contributed by atoms with E-state index in [1.165, 1.54) is 11.1 Å². The Morgan fingerprint density at radius 2 is 1.61 bits per heavy atom. The quantitative estimate of drug-likeness (QED) is 0.360. The molecule has 0 spiro atoms. The molecule has 2 aliphatic heterocycles. The van der Waals surface area contributed by atoms with Gasteiger partial charge in [0.25, 0.3) is 0 Å². The van der Waals surface area contributed by atoms with Crippen molar-refractivity contribution in [3.8, 4) is 0 Å². The van der Waals surface area contributed by atoms with Crippen molar-refractivity contribution in [3.05, 3.63) is 120 Å². The summed E-state index contributed by atoms with van der Waals surface area (Å²) >= 11 is 0. The number of rotatable bonds is 6. The molecular formula is C28H27N3. The number of fused-ring (bicyclic) bond motifs is 3. The lowest BCUT2D eigenvalue weighted by molar-refractivity contribution is 0.972. The van der Waals surface area contributed by atoms with E-state index < -0.39 is 0 Å². The maximum Gasteiger partial charge on any atom is 0.0702 e. The highest BCUT2D eigenvalue weighted by Gasteiger charge is 2.22. The molecule has 2 aliphatic rings. The van der Waals surface area contributed by atoms with E-state index in [1.807, 2.05) is 25.1 Å². The second-order valence-corrected chi connectivity index (χ2v) is 7.77. The van der Waals surface area contributed by atoms with Crippen LogP contribution in [0.3, 0.4) is 0 Å². The highest BCUT2D eigenvalue weighted by Crippen LogP contribution is 2.40. The minimum atomic E-state index is -0.0328. The maximum absolute atomic E-state index is 8.15. The summed E-state index contributed by atoms with van der Waals surface area (Å²) in [5.74, 6) is 0. The molecule has 0 fully saturated rings. The summed E-state index contributed by atoms with van der Waals surface area (Å²) in [5, 5.41) is 15.5. The smallest absolute Gasteiger partial charge is 0.0702 e. The molecule has 2 unspecified atom stereocenters. The lowest BCUT2D eigenvalue weighted by atomic mass is 9.94. The molecule has 0 aromatic heterocycles. The molecule has 4 rings (SSSR count). The van der Waals surface area contributed by atoms with Gasteiger partial charge in [-0.25, -0.2) is 0 Å². The Balaban J connectivity index is 1.56. The minimum Gasteiger partial charge on any atom is -0.373 e. The number of allylic oxidation sites excluding steroid dienone is 4. The summed E-state index contributed by atoms with van der Waals surface area (Å²) in [4.78, 5) is 0. The largest absolute Gasteiger partial charge is 0.373 e. The Hall–Kier alpha value is -3.85. The minimum absolute atomic E-state index is 0.0328. The molecule has 2 aromatic carbocycles. The molecule has 0 amide bonds. The molecule has 0 saturated carbocycles. The van der Waals surface area contributed by atoms with Crippen molar-refractivity contribution >= 4 is 29.2 Å². The third kappa shape index (κ3) is 4.36. The van der Waals surface area contributed by atoms with Gasteiger partial charge in [-0.2, -0.15) is 0 Å². The van der Waals surface area contributed by atoms with Crippen LogP contribution in [0.15, 0.2) is 103 Å². The third-order valence-corrected chi connectivity index (χ3v) is 5.62. The van der Waals surface area contributed by atoms with E-state index in [-0.39, 0.29) is 12.1 Å². The molecule has 3 nitrogen and oxygen atoms in total. The Morgan fingerprint density at radius 3 is 2.32 bits per heavy atom. The van der Waals surface area contributed by atoms with Gasteiger partial charge in [-0.15, -0.1) is 0 Å². The van der Waals surface area contributed by atoms with E-state index >= 15 is 0 Å². The summed E-state index contributed by atoms with van der Waals surface area (Å²) in [6, 6.07) is 14.8. The van der Waals surface area contributed by atoms with Crippen molar-refractivity contribution in [1.82, 2.24) is 0 Å². The van der Waals surface area contributed by atoms with Crippen molar-refractivity contribution < 1.29 is 0 Å². The highest BCUT2D eigenvalue weighted by molar-refractivity contribution is 6.06. The van der Waals surface area contributed by atoms with Gasteiger partial charge < -0.3 is 16.0 Å². The maximum atomic E-state index is 8.15. The van der Waals surface area contributed by atoms with E-state index in [1.54, 1.807) is 12.2 Å². The highest BCUT2D eigenvalue weighted by atomic mass is 15.0. The molecule has 2 atom stereocenters. The van der Waals surface area contributed by atoms with Crippen molar-refractivity contribution in [1.29, 1.82) is 5.41 Å². The Labute approximate surface area is 184 Å². The fourth-order valence-electron chi connectivity index (χ4n) is 3.79. The van der Waals surface area contributed by atoms with Gasteiger partial charge in [0.1, 0.15) is 0 Å². The van der Waals surface area contributed by atoms with Crippen LogP contribution in [0.2, 0.25) is 0 Å². The van der Waals surface area contributed by atoms with E-state index in [0.29, 0.717) is 5.71 Å². The Bertz CT molecular complexity index is 1150. The van der Waals surface area contributed by atoms with Crippen LogP contribution >= 0.6 is 0 Å². The summed E-state index contributed by atoms with van der Waals surface area (Å²) in [5.41, 5.74) is 7.98. The first-order valence-electron chi connectivity index (χ1n) is 10.4. The molecule has 0 aliphatic carbocycles. The molecule has 2 heterocycles. The van der Waals surface area contributed by atoms with Crippen LogP contribution < -0.4 is 10.6 Å². The van der Waals surface area contributed by atoms with Crippen molar-refractivity contribution in [2.24, 2.45) is 0 Å². The van der Waals surface area contributed by atoms with Crippen LogP contribution in [-0.2, 0) is 0 Å². The summed E-state index contributed by atoms with van der Waals surface area (Å²) < 4.78 is 0. The average molecular weight is 406 g/mol. The first-order chi connectivity index (χ1) is 15.1. The molecule has 3 N–H and O–H groups in total. The summed E-state index contributed by atoms with van der Waals surface area (Å²) in [6.45, 7) is 9.82. The van der Waals surface area contributed by atoms with Crippen LogP contribution in [0.5, 0.6) is 0 Å². The monoisotopic (exact) mass is 405 g/mol. The molecular weight excluding hydrogens is 378 g/mol. The van der Waals surface area contributed by atoms with Crippen LogP contribution in [0.25, 0.3) is 12.2 Å². The number of hydrogen-bond acceptors (Lipinski definition) is 3. The van der Waals surface area contributed by atoms with Gasteiger partial charge in [-0.1, -0.05) is 98.2 Å². The number of anilines is 2. The molecule has 0 bridgehead atoms. The van der Waals surface area contributed by atoms with Gasteiger partial charge >= 0.3 is 0 Å². The van der Waals surface area contributed by atoms with Gasteiger partial charge in [-0.05, 0) is 40.8 Å². The lowest BCUT2D eigenvalue weighted by Crippen LogP contribution is -2.24. The summed E-state index contributed by atoms with van der Waals surface area (Å²) in [6.07, 6.45) is 15.9. The average Bonchev–Trinajstić information content (AvgIpc) is 2.82. The second-order valence-electron chi connectivity index (χ2n) is 7.77. The molecule has 31 heavy (non-hydrogen) atoms. The van der Waals surface area contributed by atoms with Gasteiger partial charge in [0.15, 0.2) is 0 Å². The molecule has 0 radical (unpaired) electrons. The predicted octanol–water partition coefficient (Wildman–Crippen LogP) is 6.94. The molecule has 2 aromatic rings. The van der Waals surface area contributed by atoms with Crippen molar-refractivity contribution in [2.45, 2.75) is 19.0 Å². The van der Waals surface area contributed by atoms with Gasteiger partial charge in [0.2, 0.25) is 0 Å². The van der Waals surface area contributed by atoms with Gasteiger partial charge in [-0.3, -0.25) is 0 Å². The lowest BCUT2D eigenvalue weighted by Gasteiger charge is -2.30. The standard InChI is InChI=1S/C28H27N3/c1-4-8-19(2)24(29)16-11-20(3)25-17-14-22-12-13-23-15-18-26(21-9-6-5-7-10-21)31-28(23)27(22)30-25/h4-18,25-26,29-31H,1,3H2,2H3/b16-11-,19-8+,29-24?. The molecule has 154 valence electrons. The van der Waals surface area contributed by atoms with E-state index in [9.17, 15) is 0 Å². The molecule has 3 heteroatoms. The zero-order valence-corrected chi connectivity index (χ0v) is 17.7. The predicted molar refractivity (Wildman–Crippen MR) is 135 cm³/mol. The van der Waals surface area contributed by atoms with Crippen LogP contribution in [0.4, 0.5) is 11.4 Å². The fraction of sp³-hybridized carbons (Fsp3) is 0.107. The fourth-order valence-corrected chi connectivity index (χ4v) is 3.79. The SMILES string of the molecule is C=C/C=C(\C)C(=N)/C=C\C(=C)C1C=Cc2ccc3c(c2N1)NC(c1ccccc1)C=C3. The second kappa shape index (κ2) is 8.88.